The molecule has 0 aliphatic heterocycles. The molecule has 178 valence electrons. The quantitative estimate of drug-likeness (QED) is 0.222. The van der Waals surface area contributed by atoms with Gasteiger partial charge in [-0.15, -0.1) is 0 Å². The Hall–Kier alpha value is -4.58. The number of nitrogens with zero attached hydrogens (tertiary/aromatic N) is 2. The van der Waals surface area contributed by atoms with E-state index >= 15 is 0 Å². The van der Waals surface area contributed by atoms with Crippen LogP contribution in [-0.4, -0.2) is 0 Å². The molecule has 0 aromatic heterocycles. The van der Waals surface area contributed by atoms with E-state index in [1.165, 1.54) is 48.5 Å². The molecule has 5 aromatic carbocycles. The van der Waals surface area contributed by atoms with Crippen molar-refractivity contribution in [2.24, 2.45) is 0 Å². The topological polar surface area (TPSA) is 6.48 Å². The maximum absolute atomic E-state index is 13.7. The van der Waals surface area contributed by atoms with Crippen molar-refractivity contribution in [3.8, 4) is 0 Å². The highest BCUT2D eigenvalue weighted by Crippen LogP contribution is 2.40. The molecule has 0 aliphatic carbocycles. The zero-order valence-electron chi connectivity index (χ0n) is 19.0. The van der Waals surface area contributed by atoms with Crippen LogP contribution in [0.2, 0.25) is 0 Å². The molecule has 2 nitrogen and oxygen atoms in total. The molecule has 0 bridgehead atoms. The van der Waals surface area contributed by atoms with Crippen molar-refractivity contribution in [2.45, 2.75) is 0 Å². The number of hydrogen-bond acceptors (Lipinski definition) is 2. The van der Waals surface area contributed by atoms with E-state index in [1.807, 2.05) is 34.1 Å². The Morgan fingerprint density at radius 1 is 0.306 bits per heavy atom. The summed E-state index contributed by atoms with van der Waals surface area (Å²) >= 11 is 0. The summed E-state index contributed by atoms with van der Waals surface area (Å²) in [5, 5.41) is 0. The van der Waals surface area contributed by atoms with Crippen molar-refractivity contribution >= 4 is 34.1 Å². The molecule has 5 aromatic rings. The molecule has 0 fully saturated rings. The van der Waals surface area contributed by atoms with E-state index in [-0.39, 0.29) is 23.3 Å². The fourth-order valence-electron chi connectivity index (χ4n) is 4.03. The van der Waals surface area contributed by atoms with E-state index in [4.69, 9.17) is 0 Å². The summed E-state index contributed by atoms with van der Waals surface area (Å²) in [6.45, 7) is 0. The molecule has 5 rings (SSSR count). The lowest BCUT2D eigenvalue weighted by molar-refractivity contribution is 0.627. The average Bonchev–Trinajstić information content (AvgIpc) is 2.89. The molecule has 0 heterocycles. The van der Waals surface area contributed by atoms with Crippen LogP contribution in [0.5, 0.6) is 0 Å². The Bertz CT molecular complexity index is 1250. The second-order valence-corrected chi connectivity index (χ2v) is 8.10. The second-order valence-electron chi connectivity index (χ2n) is 8.10. The summed E-state index contributed by atoms with van der Waals surface area (Å²) in [6.07, 6.45) is 0. The molecule has 0 aliphatic rings. The second kappa shape index (κ2) is 9.96. The zero-order valence-corrected chi connectivity index (χ0v) is 19.0. The molecule has 6 heteroatoms. The van der Waals surface area contributed by atoms with Crippen LogP contribution in [0.3, 0.4) is 0 Å². The van der Waals surface area contributed by atoms with Gasteiger partial charge in [-0.05, 0) is 115 Å². The lowest BCUT2D eigenvalue weighted by Gasteiger charge is -2.29. The molecule has 0 saturated carbocycles. The fraction of sp³-hybridized carbons (Fsp3) is 0. The number of anilines is 6. The lowest BCUT2D eigenvalue weighted by atomic mass is 10.1. The minimum absolute atomic E-state index is 0.370. The van der Waals surface area contributed by atoms with Crippen molar-refractivity contribution in [3.05, 3.63) is 145 Å². The van der Waals surface area contributed by atoms with Crippen LogP contribution in [-0.2, 0) is 0 Å². The Morgan fingerprint density at radius 2 is 0.556 bits per heavy atom. The van der Waals surface area contributed by atoms with Crippen LogP contribution >= 0.6 is 0 Å². The summed E-state index contributed by atoms with van der Waals surface area (Å²) in [5.74, 6) is -1.48. The average molecular weight is 484 g/mol. The minimum atomic E-state index is -0.370. The first-order valence-corrected chi connectivity index (χ1v) is 11.2. The third-order valence-corrected chi connectivity index (χ3v) is 5.69. The minimum Gasteiger partial charge on any atom is -0.310 e. The number of benzene rings is 5. The summed E-state index contributed by atoms with van der Waals surface area (Å²) in [7, 11) is 0. The molecule has 0 atom stereocenters. The Labute approximate surface area is 206 Å². The summed E-state index contributed by atoms with van der Waals surface area (Å²) in [6, 6.07) is 31.5. The lowest BCUT2D eigenvalue weighted by Crippen LogP contribution is -2.13. The van der Waals surface area contributed by atoms with Gasteiger partial charge in [0.1, 0.15) is 23.3 Å². The SMILES string of the molecule is Fc1ccc(N(c2ccc(F)cc2)c2cccc(N(c3ccc(F)cc3)c3ccc(F)cc3)c2)cc1. The summed E-state index contributed by atoms with van der Waals surface area (Å²) < 4.78 is 54.7. The van der Waals surface area contributed by atoms with Gasteiger partial charge in [-0.1, -0.05) is 6.07 Å². The first kappa shape index (κ1) is 23.2. The third kappa shape index (κ3) is 4.93. The summed E-state index contributed by atoms with van der Waals surface area (Å²) in [4.78, 5) is 3.74. The maximum atomic E-state index is 13.7. The molecule has 0 N–H and O–H groups in total. The highest BCUT2D eigenvalue weighted by molar-refractivity contribution is 5.82. The molecular formula is C30H20F4N2. The first-order chi connectivity index (χ1) is 17.5. The number of halogens is 4. The molecule has 0 amide bonds. The van der Waals surface area contributed by atoms with E-state index in [9.17, 15) is 17.6 Å². The van der Waals surface area contributed by atoms with E-state index in [2.05, 4.69) is 0 Å². The smallest absolute Gasteiger partial charge is 0.123 e. The van der Waals surface area contributed by atoms with Gasteiger partial charge in [0.25, 0.3) is 0 Å². The van der Waals surface area contributed by atoms with Crippen LogP contribution in [0.1, 0.15) is 0 Å². The highest BCUT2D eigenvalue weighted by Gasteiger charge is 2.17. The predicted molar refractivity (Wildman–Crippen MR) is 136 cm³/mol. The van der Waals surface area contributed by atoms with E-state index in [1.54, 1.807) is 48.5 Å². The van der Waals surface area contributed by atoms with Crippen LogP contribution in [0.15, 0.2) is 121 Å². The first-order valence-electron chi connectivity index (χ1n) is 11.2. The maximum Gasteiger partial charge on any atom is 0.123 e. The van der Waals surface area contributed by atoms with E-state index < -0.39 is 0 Å². The molecular weight excluding hydrogens is 464 g/mol. The molecule has 0 radical (unpaired) electrons. The standard InChI is InChI=1S/C30H20F4N2/c31-21-4-12-25(13-5-21)35(26-14-6-22(32)7-15-26)29-2-1-3-30(20-29)36(27-16-8-23(33)9-17-27)28-18-10-24(34)11-19-28/h1-20H. The van der Waals surface area contributed by atoms with Gasteiger partial charge in [-0.25, -0.2) is 17.6 Å². The molecule has 0 spiro atoms. The van der Waals surface area contributed by atoms with Gasteiger partial charge in [0.15, 0.2) is 0 Å². The summed E-state index contributed by atoms with van der Waals surface area (Å²) in [5.41, 5.74) is 4.15. The van der Waals surface area contributed by atoms with Gasteiger partial charge in [0.05, 0.1) is 0 Å². The van der Waals surface area contributed by atoms with Crippen LogP contribution in [0.4, 0.5) is 51.7 Å². The zero-order chi connectivity index (χ0) is 25.1. The van der Waals surface area contributed by atoms with Crippen molar-refractivity contribution in [1.29, 1.82) is 0 Å². The fourth-order valence-corrected chi connectivity index (χ4v) is 4.03. The Balaban J connectivity index is 1.65. The molecule has 36 heavy (non-hydrogen) atoms. The monoisotopic (exact) mass is 484 g/mol. The van der Waals surface area contributed by atoms with Crippen molar-refractivity contribution in [3.63, 3.8) is 0 Å². The normalized spacial score (nSPS) is 10.8. The van der Waals surface area contributed by atoms with E-state index in [0.29, 0.717) is 22.7 Å². The van der Waals surface area contributed by atoms with Crippen LogP contribution < -0.4 is 9.80 Å². The van der Waals surface area contributed by atoms with Crippen molar-refractivity contribution in [2.75, 3.05) is 9.80 Å². The van der Waals surface area contributed by atoms with Gasteiger partial charge >= 0.3 is 0 Å². The molecule has 0 unspecified atom stereocenters. The Kier molecular flexibility index (Phi) is 6.41. The predicted octanol–water partition coefficient (Wildman–Crippen LogP) is 9.18. The van der Waals surface area contributed by atoms with Crippen LogP contribution in [0, 0.1) is 23.3 Å². The number of rotatable bonds is 6. The third-order valence-electron chi connectivity index (χ3n) is 5.69. The van der Waals surface area contributed by atoms with Gasteiger partial charge in [-0.2, -0.15) is 0 Å². The van der Waals surface area contributed by atoms with Crippen molar-refractivity contribution in [1.82, 2.24) is 0 Å². The van der Waals surface area contributed by atoms with Gasteiger partial charge in [-0.3, -0.25) is 0 Å². The van der Waals surface area contributed by atoms with Gasteiger partial charge < -0.3 is 9.80 Å². The largest absolute Gasteiger partial charge is 0.310 e. The van der Waals surface area contributed by atoms with Gasteiger partial charge in [0.2, 0.25) is 0 Å². The van der Waals surface area contributed by atoms with Gasteiger partial charge in [0, 0.05) is 34.1 Å². The van der Waals surface area contributed by atoms with E-state index in [0.717, 1.165) is 11.4 Å². The molecule has 0 saturated heterocycles. The highest BCUT2D eigenvalue weighted by atomic mass is 19.1. The number of hydrogen-bond donors (Lipinski definition) is 0. The Morgan fingerprint density at radius 3 is 0.806 bits per heavy atom. The van der Waals surface area contributed by atoms with Crippen molar-refractivity contribution < 1.29 is 17.6 Å². The van der Waals surface area contributed by atoms with Crippen LogP contribution in [0.25, 0.3) is 0 Å².